The van der Waals surface area contributed by atoms with E-state index in [1.165, 1.54) is 12.1 Å². The van der Waals surface area contributed by atoms with Crippen molar-refractivity contribution in [3.05, 3.63) is 23.8 Å². The molecule has 1 unspecified atom stereocenters. The average molecular weight is 263 g/mol. The second-order valence-electron chi connectivity index (χ2n) is 3.26. The molecule has 0 bridgehead atoms. The number of hydrogen-bond donors (Lipinski definition) is 1. The molecule has 7 heteroatoms. The Bertz CT molecular complexity index is 551. The second-order valence-corrected chi connectivity index (χ2v) is 5.14. The standard InChI is InChI=1S/C9H7ClO5S/c10-8-4-6(11)5-2-1-3-7(9(5)15-8)16(12,13)14/h1-3,8H,4H2,(H,12,13,14). The van der Waals surface area contributed by atoms with Gasteiger partial charge in [0.2, 0.25) is 0 Å². The molecule has 1 aliphatic heterocycles. The van der Waals surface area contributed by atoms with Crippen LogP contribution in [0.2, 0.25) is 0 Å². The predicted molar refractivity (Wildman–Crippen MR) is 55.5 cm³/mol. The molecule has 0 spiro atoms. The summed E-state index contributed by atoms with van der Waals surface area (Å²) in [4.78, 5) is 11.1. The predicted octanol–water partition coefficient (Wildman–Crippen LogP) is 1.46. The highest BCUT2D eigenvalue weighted by Gasteiger charge is 2.30. The maximum absolute atomic E-state index is 11.5. The zero-order valence-corrected chi connectivity index (χ0v) is 9.46. The summed E-state index contributed by atoms with van der Waals surface area (Å²) in [5.74, 6) is -0.493. The molecule has 16 heavy (non-hydrogen) atoms. The zero-order valence-electron chi connectivity index (χ0n) is 7.88. The van der Waals surface area contributed by atoms with E-state index in [1.54, 1.807) is 0 Å². The maximum Gasteiger partial charge on any atom is 0.298 e. The molecule has 0 aliphatic carbocycles. The molecule has 0 amide bonds. The molecule has 1 aliphatic rings. The molecule has 0 fully saturated rings. The first-order chi connectivity index (χ1) is 7.39. The molecule has 1 aromatic carbocycles. The largest absolute Gasteiger partial charge is 0.472 e. The first-order valence-corrected chi connectivity index (χ1v) is 6.21. The van der Waals surface area contributed by atoms with E-state index in [0.29, 0.717) is 0 Å². The molecule has 5 nitrogen and oxygen atoms in total. The van der Waals surface area contributed by atoms with E-state index >= 15 is 0 Å². The van der Waals surface area contributed by atoms with Crippen molar-refractivity contribution in [1.82, 2.24) is 0 Å². The molecule has 1 heterocycles. The number of para-hydroxylation sites is 1. The zero-order chi connectivity index (χ0) is 11.9. The number of Topliss-reactive ketones (excluding diaryl/α,β-unsaturated/α-hetero) is 1. The van der Waals surface area contributed by atoms with Crippen LogP contribution in [0.4, 0.5) is 0 Å². The van der Waals surface area contributed by atoms with Gasteiger partial charge < -0.3 is 4.74 Å². The number of rotatable bonds is 1. The molecule has 1 N–H and O–H groups in total. The lowest BCUT2D eigenvalue weighted by molar-refractivity contribution is 0.0910. The highest BCUT2D eigenvalue weighted by atomic mass is 35.5. The van der Waals surface area contributed by atoms with E-state index < -0.39 is 20.6 Å². The number of alkyl halides is 1. The Labute approximate surface area is 96.7 Å². The van der Waals surface area contributed by atoms with Gasteiger partial charge in [-0.15, -0.1) is 0 Å². The number of ether oxygens (including phenoxy) is 1. The smallest absolute Gasteiger partial charge is 0.298 e. The van der Waals surface area contributed by atoms with E-state index in [4.69, 9.17) is 20.9 Å². The fourth-order valence-electron chi connectivity index (χ4n) is 1.49. The van der Waals surface area contributed by atoms with Crippen LogP contribution in [0.5, 0.6) is 5.75 Å². The van der Waals surface area contributed by atoms with Crippen molar-refractivity contribution in [1.29, 1.82) is 0 Å². The summed E-state index contributed by atoms with van der Waals surface area (Å²) in [6.45, 7) is 0. The van der Waals surface area contributed by atoms with Crippen LogP contribution in [0.1, 0.15) is 16.8 Å². The summed E-state index contributed by atoms with van der Waals surface area (Å²) >= 11 is 5.64. The van der Waals surface area contributed by atoms with E-state index in [-0.39, 0.29) is 23.5 Å². The summed E-state index contributed by atoms with van der Waals surface area (Å²) in [6.07, 6.45) is -0.0243. The third-order valence-electron chi connectivity index (χ3n) is 2.15. The molecule has 0 radical (unpaired) electrons. The fraction of sp³-hybridized carbons (Fsp3) is 0.222. The summed E-state index contributed by atoms with van der Waals surface area (Å²) in [5, 5.41) is 0. The topological polar surface area (TPSA) is 80.7 Å². The van der Waals surface area contributed by atoms with Gasteiger partial charge in [-0.1, -0.05) is 17.7 Å². The van der Waals surface area contributed by atoms with Crippen LogP contribution >= 0.6 is 11.6 Å². The Kier molecular flexibility index (Phi) is 2.65. The van der Waals surface area contributed by atoms with Gasteiger partial charge in [0.1, 0.15) is 4.90 Å². The third-order valence-corrected chi connectivity index (χ3v) is 3.27. The third kappa shape index (κ3) is 1.91. The van der Waals surface area contributed by atoms with Gasteiger partial charge in [-0.05, 0) is 12.1 Å². The highest BCUT2D eigenvalue weighted by molar-refractivity contribution is 7.86. The Balaban J connectivity index is 2.68. The van der Waals surface area contributed by atoms with Crippen LogP contribution in [-0.4, -0.2) is 24.3 Å². The molecule has 0 saturated carbocycles. The van der Waals surface area contributed by atoms with Crippen LogP contribution in [0, 0.1) is 0 Å². The van der Waals surface area contributed by atoms with Crippen LogP contribution in [0.15, 0.2) is 23.1 Å². The second kappa shape index (κ2) is 3.73. The van der Waals surface area contributed by atoms with Crippen molar-refractivity contribution in [3.8, 4) is 5.75 Å². The minimum Gasteiger partial charge on any atom is -0.472 e. The lowest BCUT2D eigenvalue weighted by atomic mass is 10.1. The van der Waals surface area contributed by atoms with Gasteiger partial charge in [-0.2, -0.15) is 8.42 Å². The van der Waals surface area contributed by atoms with Crippen molar-refractivity contribution in [2.24, 2.45) is 0 Å². The lowest BCUT2D eigenvalue weighted by Crippen LogP contribution is -2.23. The Morgan fingerprint density at radius 2 is 2.12 bits per heavy atom. The normalized spacial score (nSPS) is 20.1. The number of fused-ring (bicyclic) bond motifs is 1. The van der Waals surface area contributed by atoms with Crippen molar-refractivity contribution in [2.75, 3.05) is 0 Å². The average Bonchev–Trinajstić information content (AvgIpc) is 2.15. The number of hydrogen-bond acceptors (Lipinski definition) is 4. The highest BCUT2D eigenvalue weighted by Crippen LogP contribution is 2.34. The van der Waals surface area contributed by atoms with Gasteiger partial charge in [-0.3, -0.25) is 9.35 Å². The van der Waals surface area contributed by atoms with Crippen LogP contribution < -0.4 is 4.74 Å². The van der Waals surface area contributed by atoms with Crippen molar-refractivity contribution >= 4 is 27.5 Å². The number of carbonyl (C=O) groups is 1. The number of ketones is 1. The first kappa shape index (κ1) is 11.4. The summed E-state index contributed by atoms with van der Waals surface area (Å²) in [7, 11) is -4.43. The van der Waals surface area contributed by atoms with E-state index in [0.717, 1.165) is 6.07 Å². The van der Waals surface area contributed by atoms with Gasteiger partial charge in [0.05, 0.1) is 12.0 Å². The minimum atomic E-state index is -4.43. The quantitative estimate of drug-likeness (QED) is 0.612. The van der Waals surface area contributed by atoms with Gasteiger partial charge in [0, 0.05) is 0 Å². The van der Waals surface area contributed by atoms with E-state index in [2.05, 4.69) is 0 Å². The van der Waals surface area contributed by atoms with Crippen molar-refractivity contribution < 1.29 is 22.5 Å². The minimum absolute atomic E-state index is 0.0243. The molecule has 0 aromatic heterocycles. The molecular weight excluding hydrogens is 256 g/mol. The Morgan fingerprint density at radius 1 is 1.44 bits per heavy atom. The first-order valence-electron chi connectivity index (χ1n) is 4.34. The van der Waals surface area contributed by atoms with Crippen LogP contribution in [-0.2, 0) is 10.1 Å². The summed E-state index contributed by atoms with van der Waals surface area (Å²) < 4.78 is 36.1. The van der Waals surface area contributed by atoms with Gasteiger partial charge in [-0.25, -0.2) is 0 Å². The van der Waals surface area contributed by atoms with Gasteiger partial charge >= 0.3 is 0 Å². The van der Waals surface area contributed by atoms with Gasteiger partial charge in [0.25, 0.3) is 10.1 Å². The molecular formula is C9H7ClO5S. The fourth-order valence-corrected chi connectivity index (χ4v) is 2.36. The lowest BCUT2D eigenvalue weighted by Gasteiger charge is -2.21. The van der Waals surface area contributed by atoms with Crippen molar-refractivity contribution in [2.45, 2.75) is 16.9 Å². The monoisotopic (exact) mass is 262 g/mol. The molecule has 0 saturated heterocycles. The van der Waals surface area contributed by atoms with E-state index in [9.17, 15) is 13.2 Å². The molecule has 1 atom stereocenters. The van der Waals surface area contributed by atoms with Crippen LogP contribution in [0.25, 0.3) is 0 Å². The number of benzene rings is 1. The number of halogens is 1. The maximum atomic E-state index is 11.5. The summed E-state index contributed by atoms with van der Waals surface area (Å²) in [5.41, 5.74) is -0.796. The molecule has 86 valence electrons. The molecule has 1 aromatic rings. The summed E-state index contributed by atoms with van der Waals surface area (Å²) in [6, 6.07) is 3.93. The number of carbonyl (C=O) groups excluding carboxylic acids is 1. The Morgan fingerprint density at radius 3 is 2.75 bits per heavy atom. The van der Waals surface area contributed by atoms with Crippen LogP contribution in [0.3, 0.4) is 0 Å². The molecule has 2 rings (SSSR count). The SMILES string of the molecule is O=C1CC(Cl)Oc2c1cccc2S(=O)(=O)O. The Hall–Kier alpha value is -1.11. The van der Waals surface area contributed by atoms with E-state index in [1.807, 2.05) is 0 Å². The van der Waals surface area contributed by atoms with Crippen molar-refractivity contribution in [3.63, 3.8) is 0 Å². The van der Waals surface area contributed by atoms with Gasteiger partial charge in [0.15, 0.2) is 17.1 Å².